The average Bonchev–Trinajstić information content (AvgIpc) is 3.08. The van der Waals surface area contributed by atoms with Gasteiger partial charge in [0.05, 0.1) is 5.92 Å². The molecule has 0 fully saturated rings. The van der Waals surface area contributed by atoms with E-state index in [0.29, 0.717) is 6.29 Å². The molecule has 176 valence electrons. The van der Waals surface area contributed by atoms with Crippen molar-refractivity contribution in [3.63, 3.8) is 0 Å². The van der Waals surface area contributed by atoms with Gasteiger partial charge in [0.2, 0.25) is 0 Å². The highest BCUT2D eigenvalue weighted by molar-refractivity contribution is 7.96. The van der Waals surface area contributed by atoms with Crippen LogP contribution < -0.4 is 4.18 Å². The molecule has 0 aliphatic rings. The van der Waals surface area contributed by atoms with Crippen molar-refractivity contribution in [1.29, 1.82) is 0 Å². The van der Waals surface area contributed by atoms with E-state index in [9.17, 15) is 44.3 Å². The predicted octanol–water partition coefficient (Wildman–Crippen LogP) is 5.72. The summed E-state index contributed by atoms with van der Waals surface area (Å²) in [4.78, 5) is 10.9. The molecule has 1 aromatic heterocycles. The molecule has 1 heterocycles. The zero-order valence-corrected chi connectivity index (χ0v) is 16.7. The Morgan fingerprint density at radius 1 is 1.10 bits per heavy atom. The van der Waals surface area contributed by atoms with Crippen LogP contribution in [0.2, 0.25) is 0 Å². The minimum absolute atomic E-state index is 0.207. The monoisotopic (exact) mass is 479 g/mol. The summed E-state index contributed by atoms with van der Waals surface area (Å²) in [6, 6.07) is 0.738. The highest BCUT2D eigenvalue weighted by Crippen LogP contribution is 2.56. The van der Waals surface area contributed by atoms with Crippen molar-refractivity contribution < 1.29 is 57.8 Å². The molecule has 0 N–H and O–H groups in total. The molecule has 0 aliphatic heterocycles. The second kappa shape index (κ2) is 10.6. The first kappa shape index (κ1) is 28.4. The van der Waals surface area contributed by atoms with Crippen LogP contribution in [-0.4, -0.2) is 48.4 Å². The second-order valence-corrected chi connectivity index (χ2v) is 6.73. The number of rotatable bonds is 9. The van der Waals surface area contributed by atoms with Gasteiger partial charge in [0.25, 0.3) is 5.88 Å². The lowest BCUT2D eigenvalue weighted by Gasteiger charge is -2.32. The van der Waals surface area contributed by atoms with Crippen LogP contribution in [0, 0.1) is 5.92 Å². The molecule has 0 amide bonds. The molecule has 1 unspecified atom stereocenters. The largest absolute Gasteiger partial charge is 0.460 e. The van der Waals surface area contributed by atoms with Gasteiger partial charge in [-0.15, -0.1) is 0 Å². The van der Waals surface area contributed by atoms with E-state index in [1.807, 2.05) is 6.92 Å². The molecule has 0 bridgehead atoms. The molecule has 1 aromatic rings. The number of ether oxygens (including phenoxy) is 1. The number of aldehydes is 1. The molecule has 0 spiro atoms. The summed E-state index contributed by atoms with van der Waals surface area (Å²) >= 11 is -1.65. The van der Waals surface area contributed by atoms with Crippen LogP contribution in [0.15, 0.2) is 10.6 Å². The lowest BCUT2D eigenvalue weighted by molar-refractivity contribution is -0.381. The molecular weight excluding hydrogens is 461 g/mol. The number of aromatic nitrogens is 1. The Morgan fingerprint density at radius 2 is 1.60 bits per heavy atom. The molecule has 0 saturated heterocycles. The molecule has 0 aromatic carbocycles. The maximum atomic E-state index is 13.3. The summed E-state index contributed by atoms with van der Waals surface area (Å²) < 4.78 is 127. The molecule has 5 nitrogen and oxygen atoms in total. The van der Waals surface area contributed by atoms with Gasteiger partial charge in [-0.05, 0) is 18.0 Å². The number of nitrogens with zero attached hydrogens (tertiary/aromatic N) is 1. The van der Waals surface area contributed by atoms with Gasteiger partial charge in [-0.2, -0.15) is 39.5 Å². The highest BCUT2D eigenvalue weighted by Gasteiger charge is 2.82. The standard InChI is InChI=1S/C12H10F9NO3S.C3H8O/c1-5(2)6(4-23)7-3-8(22-24-7)25-26-12(20,21)10(15,16)9(13,14)11(17,18)19;1-3-4-2/h3-6H,1-2H3;3H2,1-2H3. The Labute approximate surface area is 169 Å². The lowest BCUT2D eigenvalue weighted by atomic mass is 9.95. The van der Waals surface area contributed by atoms with Crippen molar-refractivity contribution >= 4 is 18.3 Å². The van der Waals surface area contributed by atoms with Crippen molar-refractivity contribution in [1.82, 2.24) is 5.16 Å². The van der Waals surface area contributed by atoms with Crippen LogP contribution in [0.5, 0.6) is 5.88 Å². The fourth-order valence-electron chi connectivity index (χ4n) is 1.53. The average molecular weight is 479 g/mol. The van der Waals surface area contributed by atoms with Gasteiger partial charge in [0.1, 0.15) is 18.3 Å². The Kier molecular flexibility index (Phi) is 10.0. The number of methoxy groups -OCH3 is 1. The van der Waals surface area contributed by atoms with Crippen molar-refractivity contribution in [2.24, 2.45) is 5.92 Å². The topological polar surface area (TPSA) is 61.6 Å². The highest BCUT2D eigenvalue weighted by atomic mass is 32.2. The normalized spacial score (nSPS) is 14.2. The Bertz CT molecular complexity index is 663. The summed E-state index contributed by atoms with van der Waals surface area (Å²) in [5, 5.41) is -2.98. The van der Waals surface area contributed by atoms with E-state index in [-0.39, 0.29) is 11.7 Å². The van der Waals surface area contributed by atoms with Crippen LogP contribution in [0.1, 0.15) is 32.4 Å². The summed E-state index contributed by atoms with van der Waals surface area (Å²) in [5.74, 6) is -16.2. The Balaban J connectivity index is 0.00000192. The molecule has 0 saturated carbocycles. The predicted molar refractivity (Wildman–Crippen MR) is 86.8 cm³/mol. The Hall–Kier alpha value is -1.64. The van der Waals surface area contributed by atoms with Crippen LogP contribution >= 0.6 is 12.0 Å². The van der Waals surface area contributed by atoms with E-state index in [4.69, 9.17) is 0 Å². The third-order valence-corrected chi connectivity index (χ3v) is 4.06. The van der Waals surface area contributed by atoms with Gasteiger partial charge < -0.3 is 18.2 Å². The zero-order chi connectivity index (χ0) is 24.0. The molecule has 0 aliphatic carbocycles. The van der Waals surface area contributed by atoms with Gasteiger partial charge in [0.15, 0.2) is 5.76 Å². The minimum Gasteiger partial charge on any atom is -0.396 e. The van der Waals surface area contributed by atoms with Gasteiger partial charge >= 0.3 is 23.3 Å². The number of halogens is 9. The fraction of sp³-hybridized carbons (Fsp3) is 0.733. The number of hydrogen-bond acceptors (Lipinski definition) is 6. The molecule has 30 heavy (non-hydrogen) atoms. The molecule has 15 heteroatoms. The van der Waals surface area contributed by atoms with Gasteiger partial charge in [0, 0.05) is 19.8 Å². The van der Waals surface area contributed by atoms with Crippen molar-refractivity contribution in [3.8, 4) is 5.88 Å². The molecule has 0 radical (unpaired) electrons. The third kappa shape index (κ3) is 6.43. The van der Waals surface area contributed by atoms with E-state index in [0.717, 1.165) is 12.7 Å². The van der Waals surface area contributed by atoms with Crippen molar-refractivity contribution in [3.05, 3.63) is 11.8 Å². The van der Waals surface area contributed by atoms with Gasteiger partial charge in [-0.1, -0.05) is 13.8 Å². The van der Waals surface area contributed by atoms with E-state index >= 15 is 0 Å². The number of hydrogen-bond donors (Lipinski definition) is 0. The van der Waals surface area contributed by atoms with Crippen LogP contribution in [0.25, 0.3) is 0 Å². The molecule has 1 rings (SSSR count). The van der Waals surface area contributed by atoms with Gasteiger partial charge in [-0.3, -0.25) is 0 Å². The first-order chi connectivity index (χ1) is 13.5. The summed E-state index contributed by atoms with van der Waals surface area (Å²) in [6.07, 6.45) is -6.51. The third-order valence-electron chi connectivity index (χ3n) is 3.34. The van der Waals surface area contributed by atoms with Crippen LogP contribution in [0.3, 0.4) is 0 Å². The number of alkyl halides is 9. The maximum Gasteiger partial charge on any atom is 0.460 e. The summed E-state index contributed by atoms with van der Waals surface area (Å²) in [7, 11) is 1.68. The lowest BCUT2D eigenvalue weighted by Crippen LogP contribution is -2.59. The van der Waals surface area contributed by atoms with E-state index < -0.39 is 47.1 Å². The fourth-order valence-corrected chi connectivity index (χ4v) is 2.03. The van der Waals surface area contributed by atoms with Crippen molar-refractivity contribution in [2.45, 2.75) is 50.0 Å². The first-order valence-corrected chi connectivity index (χ1v) is 8.70. The molecular formula is C15H18F9NO4S. The minimum atomic E-state index is -7.02. The maximum absolute atomic E-state index is 13.3. The van der Waals surface area contributed by atoms with E-state index in [1.165, 1.54) is 0 Å². The van der Waals surface area contributed by atoms with Gasteiger partial charge in [-0.25, -0.2) is 0 Å². The van der Waals surface area contributed by atoms with E-state index in [1.54, 1.807) is 21.0 Å². The zero-order valence-electron chi connectivity index (χ0n) is 15.9. The van der Waals surface area contributed by atoms with E-state index in [2.05, 4.69) is 18.6 Å². The summed E-state index contributed by atoms with van der Waals surface area (Å²) in [5.41, 5.74) is 0. The smallest absolute Gasteiger partial charge is 0.396 e. The van der Waals surface area contributed by atoms with Crippen LogP contribution in [0.4, 0.5) is 39.5 Å². The number of carbonyl (C=O) groups is 1. The quantitative estimate of drug-likeness (QED) is 0.257. The molecule has 1 atom stereocenters. The Morgan fingerprint density at radius 3 is 1.97 bits per heavy atom. The first-order valence-electron chi connectivity index (χ1n) is 7.96. The summed E-state index contributed by atoms with van der Waals surface area (Å²) in [6.45, 7) is 5.93. The second-order valence-electron chi connectivity index (χ2n) is 5.88. The SMILES string of the molecule is CC(C)C(C=O)c1cc(OSC(F)(F)C(F)(F)C(F)(F)C(F)(F)F)no1.CCOC. The van der Waals surface area contributed by atoms with Crippen LogP contribution in [-0.2, 0) is 9.53 Å². The van der Waals surface area contributed by atoms with Crippen molar-refractivity contribution in [2.75, 3.05) is 13.7 Å². The number of carbonyl (C=O) groups excluding carboxylic acids is 1.